The number of rotatable bonds is 8. The Labute approximate surface area is 189 Å². The Morgan fingerprint density at radius 3 is 2.47 bits per heavy atom. The topological polar surface area (TPSA) is 76.7 Å². The number of halogens is 1. The molecule has 32 heavy (non-hydrogen) atoms. The smallest absolute Gasteiger partial charge is 0.319 e. The van der Waals surface area contributed by atoms with Gasteiger partial charge in [-0.25, -0.2) is 9.18 Å². The maximum absolute atomic E-state index is 14.0. The fraction of sp³-hybridized carbons (Fsp3) is 0.417. The molecule has 1 fully saturated rings. The minimum absolute atomic E-state index is 0.131. The van der Waals surface area contributed by atoms with Crippen LogP contribution in [0.1, 0.15) is 31.9 Å². The van der Waals surface area contributed by atoms with Crippen molar-refractivity contribution in [2.24, 2.45) is 0 Å². The van der Waals surface area contributed by atoms with Crippen molar-refractivity contribution >= 4 is 23.3 Å². The van der Waals surface area contributed by atoms with Crippen molar-refractivity contribution in [3.05, 3.63) is 59.9 Å². The minimum Gasteiger partial charge on any atom is -0.369 e. The van der Waals surface area contributed by atoms with Crippen LogP contribution >= 0.6 is 0 Å². The van der Waals surface area contributed by atoms with Gasteiger partial charge in [0.15, 0.2) is 0 Å². The molecule has 3 rings (SSSR count). The molecule has 1 aliphatic rings. The van der Waals surface area contributed by atoms with Gasteiger partial charge in [-0.2, -0.15) is 0 Å². The van der Waals surface area contributed by atoms with Crippen molar-refractivity contribution in [3.63, 3.8) is 0 Å². The van der Waals surface area contributed by atoms with Gasteiger partial charge in [-0.05, 0) is 43.8 Å². The van der Waals surface area contributed by atoms with Gasteiger partial charge in [0, 0.05) is 56.1 Å². The molecule has 1 aliphatic heterocycles. The van der Waals surface area contributed by atoms with E-state index >= 15 is 0 Å². The molecule has 0 spiro atoms. The van der Waals surface area contributed by atoms with E-state index in [1.54, 1.807) is 18.2 Å². The Kier molecular flexibility index (Phi) is 8.44. The normalized spacial score (nSPS) is 15.2. The third kappa shape index (κ3) is 6.68. The average Bonchev–Trinajstić information content (AvgIpc) is 2.79. The van der Waals surface area contributed by atoms with E-state index in [-0.39, 0.29) is 36.8 Å². The van der Waals surface area contributed by atoms with Crippen LogP contribution in [0.25, 0.3) is 0 Å². The quantitative estimate of drug-likeness (QED) is 0.587. The van der Waals surface area contributed by atoms with Crippen molar-refractivity contribution in [1.82, 2.24) is 15.5 Å². The number of piperazine rings is 1. The number of anilines is 2. The Balaban J connectivity index is 1.51. The van der Waals surface area contributed by atoms with E-state index in [9.17, 15) is 14.0 Å². The predicted octanol–water partition coefficient (Wildman–Crippen LogP) is 3.36. The summed E-state index contributed by atoms with van der Waals surface area (Å²) in [7, 11) is 0. The molecule has 1 atom stereocenters. The van der Waals surface area contributed by atoms with Crippen LogP contribution in [0.2, 0.25) is 0 Å². The number of nitrogens with zero attached hydrogens (tertiary/aromatic N) is 2. The van der Waals surface area contributed by atoms with Crippen molar-refractivity contribution in [1.29, 1.82) is 0 Å². The highest BCUT2D eigenvalue weighted by Crippen LogP contribution is 2.28. The standard InChI is InChI=1S/C24H32FN5O2/c1-3-29-13-15-30(16-14-29)22-10-9-19(25)17-21(22)18(2)27-23(31)11-12-26-24(32)28-20-7-5-4-6-8-20/h4-10,17-18H,3,11-16H2,1-2H3,(H,27,31)(H2,26,28,32). The summed E-state index contributed by atoms with van der Waals surface area (Å²) in [6.45, 7) is 8.89. The Morgan fingerprint density at radius 1 is 1.06 bits per heavy atom. The molecule has 0 bridgehead atoms. The average molecular weight is 442 g/mol. The Bertz CT molecular complexity index is 901. The first-order valence-corrected chi connectivity index (χ1v) is 11.1. The monoisotopic (exact) mass is 441 g/mol. The van der Waals surface area contributed by atoms with E-state index in [0.717, 1.165) is 44.0 Å². The molecule has 0 aliphatic carbocycles. The lowest BCUT2D eigenvalue weighted by molar-refractivity contribution is -0.121. The second kappa shape index (κ2) is 11.5. The summed E-state index contributed by atoms with van der Waals surface area (Å²) >= 11 is 0. The number of benzene rings is 2. The summed E-state index contributed by atoms with van der Waals surface area (Å²) in [5, 5.41) is 8.31. The molecular formula is C24H32FN5O2. The zero-order valence-corrected chi connectivity index (χ0v) is 18.7. The fourth-order valence-electron chi connectivity index (χ4n) is 3.84. The van der Waals surface area contributed by atoms with Crippen molar-refractivity contribution in [2.75, 3.05) is 49.5 Å². The number of hydrogen-bond donors (Lipinski definition) is 3. The summed E-state index contributed by atoms with van der Waals surface area (Å²) in [4.78, 5) is 29.0. The van der Waals surface area contributed by atoms with Gasteiger partial charge in [0.25, 0.3) is 0 Å². The van der Waals surface area contributed by atoms with Gasteiger partial charge in [0.1, 0.15) is 5.82 Å². The van der Waals surface area contributed by atoms with E-state index in [1.807, 2.05) is 25.1 Å². The van der Waals surface area contributed by atoms with E-state index in [1.165, 1.54) is 12.1 Å². The summed E-state index contributed by atoms with van der Waals surface area (Å²) in [5.41, 5.74) is 2.40. The first-order chi connectivity index (χ1) is 15.5. The minimum atomic E-state index is -0.365. The van der Waals surface area contributed by atoms with Crippen LogP contribution in [0.3, 0.4) is 0 Å². The second-order valence-electron chi connectivity index (χ2n) is 7.91. The van der Waals surface area contributed by atoms with Crippen LogP contribution in [0.5, 0.6) is 0 Å². The van der Waals surface area contributed by atoms with Gasteiger partial charge >= 0.3 is 6.03 Å². The number of nitrogens with one attached hydrogen (secondary N) is 3. The van der Waals surface area contributed by atoms with Crippen LogP contribution in [0.4, 0.5) is 20.6 Å². The molecule has 0 saturated carbocycles. The SMILES string of the molecule is CCN1CCN(c2ccc(F)cc2C(C)NC(=O)CCNC(=O)Nc2ccccc2)CC1. The molecule has 1 unspecified atom stereocenters. The Hall–Kier alpha value is -3.13. The maximum atomic E-state index is 14.0. The fourth-order valence-corrected chi connectivity index (χ4v) is 3.84. The van der Waals surface area contributed by atoms with Gasteiger partial charge in [0.2, 0.25) is 5.91 Å². The van der Waals surface area contributed by atoms with Crippen molar-refractivity contribution < 1.29 is 14.0 Å². The predicted molar refractivity (Wildman–Crippen MR) is 125 cm³/mol. The molecule has 172 valence electrons. The van der Waals surface area contributed by atoms with Crippen LogP contribution in [-0.4, -0.2) is 56.1 Å². The van der Waals surface area contributed by atoms with Gasteiger partial charge in [0.05, 0.1) is 6.04 Å². The van der Waals surface area contributed by atoms with Gasteiger partial charge < -0.3 is 25.8 Å². The van der Waals surface area contributed by atoms with Crippen LogP contribution in [0.15, 0.2) is 48.5 Å². The zero-order chi connectivity index (χ0) is 22.9. The van der Waals surface area contributed by atoms with Crippen LogP contribution in [-0.2, 0) is 4.79 Å². The van der Waals surface area contributed by atoms with E-state index in [2.05, 4.69) is 32.7 Å². The van der Waals surface area contributed by atoms with Crippen LogP contribution in [0, 0.1) is 5.82 Å². The number of likely N-dealkylation sites (N-methyl/N-ethyl adjacent to an activating group) is 1. The molecule has 2 aromatic carbocycles. The number of carbonyl (C=O) groups is 2. The van der Waals surface area contributed by atoms with E-state index in [0.29, 0.717) is 5.69 Å². The third-order valence-corrected chi connectivity index (χ3v) is 5.66. The van der Waals surface area contributed by atoms with E-state index < -0.39 is 0 Å². The largest absolute Gasteiger partial charge is 0.369 e. The lowest BCUT2D eigenvalue weighted by atomic mass is 10.0. The zero-order valence-electron chi connectivity index (χ0n) is 18.7. The molecule has 3 N–H and O–H groups in total. The molecule has 1 saturated heterocycles. The highest BCUT2D eigenvalue weighted by molar-refractivity contribution is 5.89. The van der Waals surface area contributed by atoms with Crippen LogP contribution < -0.4 is 20.9 Å². The molecule has 7 nitrogen and oxygen atoms in total. The van der Waals surface area contributed by atoms with Gasteiger partial charge in [-0.3, -0.25) is 4.79 Å². The third-order valence-electron chi connectivity index (χ3n) is 5.66. The van der Waals surface area contributed by atoms with E-state index in [4.69, 9.17) is 0 Å². The highest BCUT2D eigenvalue weighted by Gasteiger charge is 2.21. The number of amides is 3. The molecule has 0 radical (unpaired) electrons. The maximum Gasteiger partial charge on any atom is 0.319 e. The first kappa shape index (κ1) is 23.5. The van der Waals surface area contributed by atoms with Gasteiger partial charge in [-0.1, -0.05) is 25.1 Å². The molecule has 0 aromatic heterocycles. The second-order valence-corrected chi connectivity index (χ2v) is 7.91. The summed E-state index contributed by atoms with van der Waals surface area (Å²) in [6, 6.07) is 13.1. The Morgan fingerprint density at radius 2 is 1.78 bits per heavy atom. The lowest BCUT2D eigenvalue weighted by Gasteiger charge is -2.37. The number of carbonyl (C=O) groups excluding carboxylic acids is 2. The summed E-state index contributed by atoms with van der Waals surface area (Å²) in [6.07, 6.45) is 0.131. The first-order valence-electron chi connectivity index (χ1n) is 11.1. The molecule has 3 amide bonds. The highest BCUT2D eigenvalue weighted by atomic mass is 19.1. The molecular weight excluding hydrogens is 409 g/mol. The lowest BCUT2D eigenvalue weighted by Crippen LogP contribution is -2.46. The molecule has 1 heterocycles. The molecule has 2 aromatic rings. The number of hydrogen-bond acceptors (Lipinski definition) is 4. The molecule has 8 heteroatoms. The summed E-state index contributed by atoms with van der Waals surface area (Å²) < 4.78 is 14.0. The van der Waals surface area contributed by atoms with Gasteiger partial charge in [-0.15, -0.1) is 0 Å². The summed E-state index contributed by atoms with van der Waals surface area (Å²) in [5.74, 6) is -0.528. The van der Waals surface area contributed by atoms with Crippen molar-refractivity contribution in [2.45, 2.75) is 26.3 Å². The van der Waals surface area contributed by atoms with Crippen molar-refractivity contribution in [3.8, 4) is 0 Å². The number of urea groups is 1. The number of para-hydroxylation sites is 1.